The SMILES string of the molecule is CNC(=O)c1c(-c2ccc(F)cc2)oc2cc(N(C)S(C)(=O)=O)c(-c3cc(-c4cc5ccccc5[nH]4)cnn3)cc12. The van der Waals surface area contributed by atoms with E-state index in [1.807, 2.05) is 30.3 Å². The van der Waals surface area contributed by atoms with Crippen molar-refractivity contribution >= 4 is 43.5 Å². The Morgan fingerprint density at radius 1 is 1.02 bits per heavy atom. The van der Waals surface area contributed by atoms with Gasteiger partial charge in [-0.1, -0.05) is 18.2 Å². The van der Waals surface area contributed by atoms with E-state index in [0.717, 1.165) is 32.7 Å². The molecule has 0 saturated carbocycles. The van der Waals surface area contributed by atoms with Crippen LogP contribution in [0.5, 0.6) is 0 Å². The van der Waals surface area contributed by atoms with Gasteiger partial charge in [0.05, 0.1) is 29.4 Å². The molecule has 206 valence electrons. The molecular weight excluding hydrogens is 545 g/mol. The highest BCUT2D eigenvalue weighted by atomic mass is 32.2. The Bertz CT molecular complexity index is 2030. The van der Waals surface area contributed by atoms with Crippen LogP contribution in [0.25, 0.3) is 55.7 Å². The number of carbonyl (C=O) groups excluding carboxylic acids is 1. The van der Waals surface area contributed by atoms with Gasteiger partial charge in [-0.25, -0.2) is 12.8 Å². The molecule has 9 nitrogen and oxygen atoms in total. The summed E-state index contributed by atoms with van der Waals surface area (Å²) >= 11 is 0. The van der Waals surface area contributed by atoms with Crippen LogP contribution in [0.1, 0.15) is 10.4 Å². The minimum atomic E-state index is -3.70. The zero-order chi connectivity index (χ0) is 28.9. The Morgan fingerprint density at radius 3 is 2.49 bits per heavy atom. The number of halogens is 1. The molecule has 41 heavy (non-hydrogen) atoms. The number of hydrogen-bond acceptors (Lipinski definition) is 6. The van der Waals surface area contributed by atoms with Crippen LogP contribution in [-0.4, -0.2) is 49.9 Å². The van der Waals surface area contributed by atoms with E-state index in [4.69, 9.17) is 4.42 Å². The van der Waals surface area contributed by atoms with Gasteiger partial charge in [-0.15, -0.1) is 0 Å². The molecule has 0 radical (unpaired) electrons. The number of para-hydroxylation sites is 1. The molecule has 0 fully saturated rings. The Balaban J connectivity index is 1.61. The van der Waals surface area contributed by atoms with Crippen LogP contribution in [0.15, 0.2) is 83.4 Å². The second kappa shape index (κ2) is 9.86. The largest absolute Gasteiger partial charge is 0.455 e. The smallest absolute Gasteiger partial charge is 0.255 e. The third-order valence-corrected chi connectivity index (χ3v) is 8.17. The summed E-state index contributed by atoms with van der Waals surface area (Å²) in [5.41, 5.74) is 4.60. The molecule has 0 unspecified atom stereocenters. The molecule has 0 bridgehead atoms. The number of aromatic amines is 1. The monoisotopic (exact) mass is 569 g/mol. The molecular formula is C30H24FN5O4S. The maximum atomic E-state index is 13.7. The minimum Gasteiger partial charge on any atom is -0.455 e. The fourth-order valence-electron chi connectivity index (χ4n) is 4.81. The average molecular weight is 570 g/mol. The standard InChI is InChI=1S/C30H24FN5O4S/c1-32-30(37)28-22-14-21(25-13-19(16-33-35-25)24-12-18-6-4-5-7-23(18)34-24)26(36(2)41(3,38)39)15-27(22)40-29(28)17-8-10-20(31)11-9-17/h4-16,34H,1-3H3,(H,32,37). The van der Waals surface area contributed by atoms with Gasteiger partial charge in [-0.05, 0) is 48.5 Å². The summed E-state index contributed by atoms with van der Waals surface area (Å²) in [4.78, 5) is 16.5. The number of furan rings is 1. The summed E-state index contributed by atoms with van der Waals surface area (Å²) in [6, 6.07) is 20.5. The summed E-state index contributed by atoms with van der Waals surface area (Å²) in [5.74, 6) is -0.627. The van der Waals surface area contributed by atoms with Gasteiger partial charge in [0.2, 0.25) is 10.0 Å². The van der Waals surface area contributed by atoms with E-state index in [0.29, 0.717) is 22.2 Å². The molecule has 2 N–H and O–H groups in total. The number of nitrogens with one attached hydrogen (secondary N) is 2. The molecule has 0 saturated heterocycles. The topological polar surface area (TPSA) is 121 Å². The van der Waals surface area contributed by atoms with E-state index in [1.54, 1.807) is 24.4 Å². The number of amides is 1. The van der Waals surface area contributed by atoms with Gasteiger partial charge in [0, 0.05) is 58.8 Å². The first-order valence-corrected chi connectivity index (χ1v) is 14.4. The molecule has 3 heterocycles. The number of carbonyl (C=O) groups is 1. The van der Waals surface area contributed by atoms with Crippen molar-refractivity contribution in [3.63, 3.8) is 0 Å². The maximum Gasteiger partial charge on any atom is 0.255 e. The van der Waals surface area contributed by atoms with Crippen molar-refractivity contribution in [1.82, 2.24) is 20.5 Å². The second-order valence-electron chi connectivity index (χ2n) is 9.59. The zero-order valence-electron chi connectivity index (χ0n) is 22.3. The first-order chi connectivity index (χ1) is 19.6. The van der Waals surface area contributed by atoms with E-state index in [2.05, 4.69) is 20.5 Å². The molecule has 6 aromatic rings. The first kappa shape index (κ1) is 26.2. The summed E-state index contributed by atoms with van der Waals surface area (Å²) in [5, 5.41) is 12.6. The maximum absolute atomic E-state index is 13.7. The molecule has 0 spiro atoms. The number of benzene rings is 3. The van der Waals surface area contributed by atoms with Crippen molar-refractivity contribution in [2.45, 2.75) is 0 Å². The van der Waals surface area contributed by atoms with Crippen LogP contribution in [0, 0.1) is 5.82 Å². The summed E-state index contributed by atoms with van der Waals surface area (Å²) in [6.45, 7) is 0. The van der Waals surface area contributed by atoms with Crippen molar-refractivity contribution in [3.8, 4) is 33.8 Å². The molecule has 11 heteroatoms. The predicted molar refractivity (Wildman–Crippen MR) is 157 cm³/mol. The van der Waals surface area contributed by atoms with Gasteiger partial charge >= 0.3 is 0 Å². The number of anilines is 1. The highest BCUT2D eigenvalue weighted by molar-refractivity contribution is 7.92. The van der Waals surface area contributed by atoms with Gasteiger partial charge in [-0.3, -0.25) is 9.10 Å². The van der Waals surface area contributed by atoms with Gasteiger partial charge in [0.25, 0.3) is 5.91 Å². The molecule has 3 aromatic carbocycles. The van der Waals surface area contributed by atoms with Crippen LogP contribution in [-0.2, 0) is 10.0 Å². The van der Waals surface area contributed by atoms with Crippen LogP contribution in [0.3, 0.4) is 0 Å². The molecule has 6 rings (SSSR count). The van der Waals surface area contributed by atoms with Crippen molar-refractivity contribution in [2.75, 3.05) is 24.7 Å². The van der Waals surface area contributed by atoms with Crippen molar-refractivity contribution in [1.29, 1.82) is 0 Å². The zero-order valence-corrected chi connectivity index (χ0v) is 23.1. The van der Waals surface area contributed by atoms with Crippen LogP contribution < -0.4 is 9.62 Å². The number of fused-ring (bicyclic) bond motifs is 2. The first-order valence-electron chi connectivity index (χ1n) is 12.6. The number of nitrogens with zero attached hydrogens (tertiary/aromatic N) is 3. The van der Waals surface area contributed by atoms with Crippen LogP contribution >= 0.6 is 0 Å². The fourth-order valence-corrected chi connectivity index (χ4v) is 5.31. The number of H-pyrrole nitrogens is 1. The third-order valence-electron chi connectivity index (χ3n) is 6.98. The van der Waals surface area contributed by atoms with Crippen LogP contribution in [0.4, 0.5) is 10.1 Å². The Hall–Kier alpha value is -5.03. The van der Waals surface area contributed by atoms with E-state index >= 15 is 0 Å². The lowest BCUT2D eigenvalue weighted by Gasteiger charge is -2.20. The van der Waals surface area contributed by atoms with Gasteiger partial charge < -0.3 is 14.7 Å². The average Bonchev–Trinajstić information content (AvgIpc) is 3.57. The Kier molecular flexibility index (Phi) is 6.30. The number of rotatable bonds is 6. The summed E-state index contributed by atoms with van der Waals surface area (Å²) < 4.78 is 46.2. The lowest BCUT2D eigenvalue weighted by Crippen LogP contribution is -2.25. The molecule has 0 aliphatic carbocycles. The summed E-state index contributed by atoms with van der Waals surface area (Å²) in [7, 11) is -0.773. The van der Waals surface area contributed by atoms with Crippen molar-refractivity contribution in [3.05, 3.63) is 90.4 Å². The van der Waals surface area contributed by atoms with Gasteiger partial charge in [0.1, 0.15) is 17.2 Å². The minimum absolute atomic E-state index is 0.224. The highest BCUT2D eigenvalue weighted by Gasteiger charge is 2.26. The molecule has 0 atom stereocenters. The molecule has 0 aliphatic rings. The molecule has 0 aliphatic heterocycles. The van der Waals surface area contributed by atoms with Crippen LogP contribution in [0.2, 0.25) is 0 Å². The van der Waals surface area contributed by atoms with Crippen molar-refractivity contribution in [2.24, 2.45) is 0 Å². The predicted octanol–water partition coefficient (Wildman–Crippen LogP) is 5.60. The van der Waals surface area contributed by atoms with E-state index < -0.39 is 21.7 Å². The number of sulfonamides is 1. The van der Waals surface area contributed by atoms with E-state index in [9.17, 15) is 17.6 Å². The Labute approximate surface area is 234 Å². The lowest BCUT2D eigenvalue weighted by molar-refractivity contribution is 0.0964. The Morgan fingerprint density at radius 2 is 1.78 bits per heavy atom. The van der Waals surface area contributed by atoms with Gasteiger partial charge in [-0.2, -0.15) is 10.2 Å². The van der Waals surface area contributed by atoms with Gasteiger partial charge in [0.15, 0.2) is 0 Å². The fraction of sp³-hybridized carbons (Fsp3) is 0.100. The number of aromatic nitrogens is 3. The number of hydrogen-bond donors (Lipinski definition) is 2. The van der Waals surface area contributed by atoms with E-state index in [1.165, 1.54) is 38.4 Å². The van der Waals surface area contributed by atoms with E-state index in [-0.39, 0.29) is 22.6 Å². The molecule has 3 aromatic heterocycles. The second-order valence-corrected chi connectivity index (χ2v) is 11.6. The lowest BCUT2D eigenvalue weighted by atomic mass is 10.00. The van der Waals surface area contributed by atoms with Crippen molar-refractivity contribution < 1.29 is 22.0 Å². The quantitative estimate of drug-likeness (QED) is 0.269. The summed E-state index contributed by atoms with van der Waals surface area (Å²) in [6.07, 6.45) is 2.71. The molecule has 1 amide bonds. The normalized spacial score (nSPS) is 11.7. The third kappa shape index (κ3) is 4.70. The highest BCUT2D eigenvalue weighted by Crippen LogP contribution is 2.41.